The van der Waals surface area contributed by atoms with Crippen LogP contribution in [0.5, 0.6) is 0 Å². The molecule has 0 aliphatic carbocycles. The van der Waals surface area contributed by atoms with Crippen LogP contribution in [0.25, 0.3) is 0 Å². The highest BCUT2D eigenvalue weighted by Crippen LogP contribution is 2.22. The zero-order chi connectivity index (χ0) is 24.6. The molecule has 1 amide bonds. The number of ether oxygens (including phenoxy) is 1. The maximum Gasteiger partial charge on any atom is 0.490 e. The van der Waals surface area contributed by atoms with Crippen LogP contribution in [-0.4, -0.2) is 36.4 Å². The Bertz CT molecular complexity index is 523. The van der Waals surface area contributed by atoms with Gasteiger partial charge < -0.3 is 10.1 Å². The molecule has 0 rings (SSSR count). The van der Waals surface area contributed by atoms with E-state index in [0.29, 0.717) is 12.8 Å². The minimum Gasteiger partial charge on any atom is -0.454 e. The number of alkyl halides is 6. The maximum absolute atomic E-state index is 12.5. The van der Waals surface area contributed by atoms with E-state index in [0.717, 1.165) is 32.6 Å². The molecule has 0 spiro atoms. The molecular formula is C22H37F6NO3. The molecule has 0 aliphatic rings. The lowest BCUT2D eigenvalue weighted by molar-refractivity contribution is -0.206. The largest absolute Gasteiger partial charge is 0.490 e. The van der Waals surface area contributed by atoms with Crippen molar-refractivity contribution in [1.82, 2.24) is 5.32 Å². The van der Waals surface area contributed by atoms with Gasteiger partial charge in [0.25, 0.3) is 0 Å². The molecule has 0 radical (unpaired) electrons. The second kappa shape index (κ2) is 16.2. The molecule has 0 bridgehead atoms. The predicted molar refractivity (Wildman–Crippen MR) is 110 cm³/mol. The van der Waals surface area contributed by atoms with Gasteiger partial charge >= 0.3 is 24.2 Å². The maximum atomic E-state index is 12.5. The molecule has 0 unspecified atom stereocenters. The number of unbranched alkanes of at least 4 members (excludes halogenated alkanes) is 12. The van der Waals surface area contributed by atoms with Gasteiger partial charge in [-0.3, -0.25) is 4.79 Å². The molecular weight excluding hydrogens is 440 g/mol. The van der Waals surface area contributed by atoms with Crippen LogP contribution in [0.4, 0.5) is 26.3 Å². The molecule has 0 heterocycles. The van der Waals surface area contributed by atoms with E-state index in [1.54, 1.807) is 5.32 Å². The third-order valence-electron chi connectivity index (χ3n) is 5.26. The van der Waals surface area contributed by atoms with E-state index in [2.05, 4.69) is 11.7 Å². The van der Waals surface area contributed by atoms with Gasteiger partial charge in [-0.15, -0.1) is 0 Å². The molecule has 0 saturated carbocycles. The molecule has 0 aliphatic heterocycles. The lowest BCUT2D eigenvalue weighted by atomic mass is 10.0. The lowest BCUT2D eigenvalue weighted by Gasteiger charge is -2.26. The summed E-state index contributed by atoms with van der Waals surface area (Å²) in [6.45, 7) is 3.27. The fraction of sp³-hybridized carbons (Fsp3) is 0.909. The summed E-state index contributed by atoms with van der Waals surface area (Å²) in [5.74, 6) is -4.77. The van der Waals surface area contributed by atoms with Crippen LogP contribution >= 0.6 is 0 Å². The van der Waals surface area contributed by atoms with Gasteiger partial charge in [0.1, 0.15) is 6.10 Å². The van der Waals surface area contributed by atoms with E-state index in [1.807, 2.05) is 0 Å². The molecule has 10 heteroatoms. The topological polar surface area (TPSA) is 55.4 Å². The van der Waals surface area contributed by atoms with Crippen molar-refractivity contribution in [2.75, 3.05) is 0 Å². The van der Waals surface area contributed by atoms with Gasteiger partial charge in [0.05, 0.1) is 6.04 Å². The van der Waals surface area contributed by atoms with Gasteiger partial charge in [0.2, 0.25) is 0 Å². The van der Waals surface area contributed by atoms with Crippen LogP contribution in [0.1, 0.15) is 104 Å². The van der Waals surface area contributed by atoms with E-state index in [-0.39, 0.29) is 6.42 Å². The Morgan fingerprint density at radius 1 is 0.719 bits per heavy atom. The number of hydrogen-bond donors (Lipinski definition) is 1. The average Bonchev–Trinajstić information content (AvgIpc) is 2.68. The minimum atomic E-state index is -5.26. The first-order chi connectivity index (χ1) is 14.9. The Hall–Kier alpha value is -1.48. The lowest BCUT2D eigenvalue weighted by Crippen LogP contribution is -2.49. The highest BCUT2D eigenvalue weighted by Gasteiger charge is 2.44. The van der Waals surface area contributed by atoms with Crippen LogP contribution < -0.4 is 5.32 Å². The molecule has 0 saturated heterocycles. The third kappa shape index (κ3) is 15.3. The van der Waals surface area contributed by atoms with E-state index < -0.39 is 36.4 Å². The van der Waals surface area contributed by atoms with Crippen molar-refractivity contribution in [1.29, 1.82) is 0 Å². The van der Waals surface area contributed by atoms with E-state index in [1.165, 1.54) is 44.9 Å². The summed E-state index contributed by atoms with van der Waals surface area (Å²) in [6, 6.07) is -1.41. The van der Waals surface area contributed by atoms with Gasteiger partial charge in [0, 0.05) is 0 Å². The van der Waals surface area contributed by atoms with Crippen LogP contribution in [0.15, 0.2) is 0 Å². The van der Waals surface area contributed by atoms with E-state index in [4.69, 9.17) is 0 Å². The number of hydrogen-bond acceptors (Lipinski definition) is 3. The van der Waals surface area contributed by atoms with Crippen molar-refractivity contribution < 1.29 is 40.7 Å². The number of nitrogens with one attached hydrogen (secondary N) is 1. The van der Waals surface area contributed by atoms with Gasteiger partial charge in [-0.25, -0.2) is 4.79 Å². The van der Waals surface area contributed by atoms with Crippen LogP contribution in [0, 0.1) is 0 Å². The summed E-state index contributed by atoms with van der Waals surface area (Å²) >= 11 is 0. The average molecular weight is 478 g/mol. The molecule has 0 aromatic heterocycles. The third-order valence-corrected chi connectivity index (χ3v) is 5.26. The second-order valence-electron chi connectivity index (χ2n) is 8.23. The van der Waals surface area contributed by atoms with E-state index in [9.17, 15) is 35.9 Å². The Balaban J connectivity index is 4.22. The first kappa shape index (κ1) is 30.5. The van der Waals surface area contributed by atoms with Gasteiger partial charge in [0.15, 0.2) is 0 Å². The summed E-state index contributed by atoms with van der Waals surface area (Å²) in [5, 5.41) is 1.56. The Labute approximate surface area is 186 Å². The fourth-order valence-electron chi connectivity index (χ4n) is 3.36. The van der Waals surface area contributed by atoms with Crippen molar-refractivity contribution in [3.05, 3.63) is 0 Å². The van der Waals surface area contributed by atoms with Gasteiger partial charge in [-0.2, -0.15) is 26.3 Å². The van der Waals surface area contributed by atoms with Crippen molar-refractivity contribution in [3.63, 3.8) is 0 Å². The standard InChI is InChI=1S/C22H37F6NO3/c1-3-4-5-6-7-8-9-10-11-12-13-14-15-16-18(32-20(31)22(26,27)28)17(2)29-19(30)21(23,24)25/h17-18H,3-16H2,1-2H3,(H,29,30)/t17-,18+/m0/s1. The summed E-state index contributed by atoms with van der Waals surface area (Å²) in [5.41, 5.74) is 0. The number of carbonyl (C=O) groups is 2. The monoisotopic (exact) mass is 477 g/mol. The van der Waals surface area contributed by atoms with Crippen molar-refractivity contribution in [2.24, 2.45) is 0 Å². The second-order valence-corrected chi connectivity index (χ2v) is 8.23. The van der Waals surface area contributed by atoms with Crippen LogP contribution in [0.3, 0.4) is 0 Å². The Morgan fingerprint density at radius 2 is 1.12 bits per heavy atom. The normalized spacial score (nSPS) is 14.1. The first-order valence-corrected chi connectivity index (χ1v) is 11.5. The minimum absolute atomic E-state index is 0.0706. The first-order valence-electron chi connectivity index (χ1n) is 11.5. The van der Waals surface area contributed by atoms with Crippen molar-refractivity contribution in [2.45, 2.75) is 128 Å². The van der Waals surface area contributed by atoms with Crippen molar-refractivity contribution >= 4 is 11.9 Å². The quantitative estimate of drug-likeness (QED) is 0.139. The number of carbonyl (C=O) groups excluding carboxylic acids is 2. The van der Waals surface area contributed by atoms with E-state index >= 15 is 0 Å². The highest BCUT2D eigenvalue weighted by molar-refractivity contribution is 5.82. The zero-order valence-electron chi connectivity index (χ0n) is 19.0. The smallest absolute Gasteiger partial charge is 0.454 e. The molecule has 4 nitrogen and oxygen atoms in total. The molecule has 0 aromatic rings. The number of halogens is 6. The summed E-state index contributed by atoms with van der Waals surface area (Å²) in [7, 11) is 0. The predicted octanol–water partition coefficient (Wildman–Crippen LogP) is 7.01. The molecule has 0 fully saturated rings. The Morgan fingerprint density at radius 3 is 1.50 bits per heavy atom. The Kier molecular flexibility index (Phi) is 15.4. The molecule has 190 valence electrons. The summed E-state index contributed by atoms with van der Waals surface area (Å²) in [4.78, 5) is 22.2. The zero-order valence-corrected chi connectivity index (χ0v) is 19.0. The number of esters is 1. The van der Waals surface area contributed by atoms with Crippen LogP contribution in [0.2, 0.25) is 0 Å². The van der Waals surface area contributed by atoms with Gasteiger partial charge in [-0.1, -0.05) is 84.0 Å². The van der Waals surface area contributed by atoms with Crippen molar-refractivity contribution in [3.8, 4) is 0 Å². The number of amides is 1. The molecule has 0 aromatic carbocycles. The fourth-order valence-corrected chi connectivity index (χ4v) is 3.36. The SMILES string of the molecule is CCCCCCCCCCCCCCC[C@@H](OC(=O)C(F)(F)F)[C@H](C)NC(=O)C(F)(F)F. The summed E-state index contributed by atoms with van der Waals surface area (Å²) in [6.07, 6.45) is 1.71. The number of rotatable bonds is 17. The molecule has 2 atom stereocenters. The van der Waals surface area contributed by atoms with Crippen LogP contribution in [-0.2, 0) is 14.3 Å². The molecule has 1 N–H and O–H groups in total. The summed E-state index contributed by atoms with van der Waals surface area (Å²) < 4.78 is 79.0. The molecule has 32 heavy (non-hydrogen) atoms. The van der Waals surface area contributed by atoms with Gasteiger partial charge in [-0.05, 0) is 19.8 Å². The highest BCUT2D eigenvalue weighted by atomic mass is 19.4.